The molecule has 0 aliphatic rings. The van der Waals surface area contributed by atoms with E-state index < -0.39 is 11.9 Å². The molecule has 18 heavy (non-hydrogen) atoms. The third-order valence-corrected chi connectivity index (χ3v) is 2.42. The van der Waals surface area contributed by atoms with Crippen molar-refractivity contribution < 1.29 is 18.7 Å². The molecule has 0 aliphatic heterocycles. The second-order valence-electron chi connectivity index (χ2n) is 4.19. The molecule has 1 atom stereocenters. The fourth-order valence-electron chi connectivity index (χ4n) is 1.47. The molecule has 0 bridgehead atoms. The number of halogens is 1. The lowest BCUT2D eigenvalue weighted by atomic mass is 10.1. The first kappa shape index (κ1) is 14.2. The summed E-state index contributed by atoms with van der Waals surface area (Å²) in [4.78, 5) is 24.0. The zero-order chi connectivity index (χ0) is 13.9. The van der Waals surface area contributed by atoms with E-state index in [0.717, 1.165) is 6.07 Å². The van der Waals surface area contributed by atoms with Crippen LogP contribution in [0.3, 0.4) is 0 Å². The summed E-state index contributed by atoms with van der Waals surface area (Å²) in [5.74, 6) is -0.993. The highest BCUT2D eigenvalue weighted by Gasteiger charge is 2.17. The molecule has 0 aliphatic carbocycles. The number of ketones is 1. The Morgan fingerprint density at radius 2 is 1.94 bits per heavy atom. The first-order chi connectivity index (χ1) is 8.32. The SMILES string of the molecule is CC(=O)c1ccc(OC(C)C(=O)N(C)C)cc1F. The lowest BCUT2D eigenvalue weighted by Crippen LogP contribution is -2.35. The average Bonchev–Trinajstić information content (AvgIpc) is 2.27. The lowest BCUT2D eigenvalue weighted by molar-refractivity contribution is -0.135. The van der Waals surface area contributed by atoms with Crippen LogP contribution in [0.15, 0.2) is 18.2 Å². The standard InChI is InChI=1S/C13H16FNO3/c1-8(16)11-6-5-10(7-12(11)14)18-9(2)13(17)15(3)4/h5-7,9H,1-4H3. The second-order valence-corrected chi connectivity index (χ2v) is 4.19. The third-order valence-electron chi connectivity index (χ3n) is 2.42. The lowest BCUT2D eigenvalue weighted by Gasteiger charge is -2.18. The molecule has 0 saturated carbocycles. The number of nitrogens with zero attached hydrogens (tertiary/aromatic N) is 1. The van der Waals surface area contributed by atoms with Gasteiger partial charge < -0.3 is 9.64 Å². The van der Waals surface area contributed by atoms with Crippen molar-refractivity contribution in [3.63, 3.8) is 0 Å². The first-order valence-corrected chi connectivity index (χ1v) is 5.51. The van der Waals surface area contributed by atoms with Crippen molar-refractivity contribution in [2.24, 2.45) is 0 Å². The summed E-state index contributed by atoms with van der Waals surface area (Å²) >= 11 is 0. The molecule has 0 N–H and O–H groups in total. The molecule has 98 valence electrons. The van der Waals surface area contributed by atoms with Gasteiger partial charge in [-0.2, -0.15) is 0 Å². The van der Waals surface area contributed by atoms with E-state index in [2.05, 4.69) is 0 Å². The maximum atomic E-state index is 13.5. The summed E-state index contributed by atoms with van der Waals surface area (Å²) in [7, 11) is 3.23. The Bertz CT molecular complexity index is 471. The van der Waals surface area contributed by atoms with E-state index in [1.54, 1.807) is 21.0 Å². The molecule has 1 amide bonds. The van der Waals surface area contributed by atoms with Crippen LogP contribution < -0.4 is 4.74 Å². The summed E-state index contributed by atoms with van der Waals surface area (Å²) in [6, 6.07) is 3.93. The summed E-state index contributed by atoms with van der Waals surface area (Å²) in [5, 5.41) is 0. The number of Topliss-reactive ketones (excluding diaryl/α,β-unsaturated/α-hetero) is 1. The molecular formula is C13H16FNO3. The fourth-order valence-corrected chi connectivity index (χ4v) is 1.47. The van der Waals surface area contributed by atoms with Gasteiger partial charge in [-0.3, -0.25) is 9.59 Å². The van der Waals surface area contributed by atoms with Gasteiger partial charge in [0, 0.05) is 20.2 Å². The van der Waals surface area contributed by atoms with Crippen molar-refractivity contribution in [2.75, 3.05) is 14.1 Å². The van der Waals surface area contributed by atoms with E-state index in [1.807, 2.05) is 0 Å². The van der Waals surface area contributed by atoms with Gasteiger partial charge in [-0.1, -0.05) is 0 Å². The van der Waals surface area contributed by atoms with Gasteiger partial charge in [0.2, 0.25) is 0 Å². The number of amides is 1. The third kappa shape index (κ3) is 3.29. The van der Waals surface area contributed by atoms with Gasteiger partial charge in [-0.15, -0.1) is 0 Å². The van der Waals surface area contributed by atoms with Gasteiger partial charge in [0.05, 0.1) is 5.56 Å². The zero-order valence-corrected chi connectivity index (χ0v) is 10.9. The minimum Gasteiger partial charge on any atom is -0.481 e. The molecule has 5 heteroatoms. The minimum absolute atomic E-state index is 0.00828. The molecule has 0 saturated heterocycles. The highest BCUT2D eigenvalue weighted by atomic mass is 19.1. The average molecular weight is 253 g/mol. The minimum atomic E-state index is -0.706. The molecule has 0 aromatic heterocycles. The van der Waals surface area contributed by atoms with Crippen LogP contribution in [0.5, 0.6) is 5.75 Å². The molecule has 1 aromatic rings. The highest BCUT2D eigenvalue weighted by molar-refractivity contribution is 5.94. The number of ether oxygens (including phenoxy) is 1. The molecule has 0 heterocycles. The van der Waals surface area contributed by atoms with Crippen LogP contribution in [-0.2, 0) is 4.79 Å². The van der Waals surface area contributed by atoms with E-state index >= 15 is 0 Å². The Labute approximate surface area is 105 Å². The number of carbonyl (C=O) groups excluding carboxylic acids is 2. The van der Waals surface area contributed by atoms with Crippen molar-refractivity contribution in [3.05, 3.63) is 29.6 Å². The first-order valence-electron chi connectivity index (χ1n) is 5.51. The largest absolute Gasteiger partial charge is 0.481 e. The van der Waals surface area contributed by atoms with E-state index in [9.17, 15) is 14.0 Å². The fraction of sp³-hybridized carbons (Fsp3) is 0.385. The number of carbonyl (C=O) groups is 2. The van der Waals surface area contributed by atoms with Crippen LogP contribution in [0.2, 0.25) is 0 Å². The normalized spacial score (nSPS) is 11.8. The van der Waals surface area contributed by atoms with E-state index in [-0.39, 0.29) is 23.0 Å². The van der Waals surface area contributed by atoms with Gasteiger partial charge in [0.25, 0.3) is 5.91 Å². The molecule has 1 rings (SSSR count). The monoisotopic (exact) mass is 253 g/mol. The molecule has 4 nitrogen and oxygen atoms in total. The Kier molecular flexibility index (Phi) is 4.42. The summed E-state index contributed by atoms with van der Waals surface area (Å²) in [6.45, 7) is 2.87. The van der Waals surface area contributed by atoms with Crippen LogP contribution in [0.4, 0.5) is 4.39 Å². The Balaban J connectivity index is 2.84. The van der Waals surface area contributed by atoms with Crippen LogP contribution in [0.1, 0.15) is 24.2 Å². The topological polar surface area (TPSA) is 46.6 Å². The Morgan fingerprint density at radius 1 is 1.33 bits per heavy atom. The zero-order valence-electron chi connectivity index (χ0n) is 10.9. The molecule has 1 unspecified atom stereocenters. The number of hydrogen-bond acceptors (Lipinski definition) is 3. The molecule has 0 radical (unpaired) electrons. The predicted molar refractivity (Wildman–Crippen MR) is 65.2 cm³/mol. The van der Waals surface area contributed by atoms with Gasteiger partial charge in [0.15, 0.2) is 11.9 Å². The van der Waals surface area contributed by atoms with E-state index in [4.69, 9.17) is 4.74 Å². The molecule has 0 spiro atoms. The van der Waals surface area contributed by atoms with Gasteiger partial charge >= 0.3 is 0 Å². The van der Waals surface area contributed by atoms with Gasteiger partial charge in [-0.25, -0.2) is 4.39 Å². The Morgan fingerprint density at radius 3 is 2.39 bits per heavy atom. The number of rotatable bonds is 4. The molecule has 0 fully saturated rings. The highest BCUT2D eigenvalue weighted by Crippen LogP contribution is 2.18. The van der Waals surface area contributed by atoms with Crippen LogP contribution in [0.25, 0.3) is 0 Å². The summed E-state index contributed by atoms with van der Waals surface area (Å²) < 4.78 is 18.8. The van der Waals surface area contributed by atoms with Crippen LogP contribution >= 0.6 is 0 Å². The van der Waals surface area contributed by atoms with Crippen molar-refractivity contribution in [3.8, 4) is 5.75 Å². The quantitative estimate of drug-likeness (QED) is 0.770. The van der Waals surface area contributed by atoms with Gasteiger partial charge in [0.1, 0.15) is 11.6 Å². The smallest absolute Gasteiger partial charge is 0.262 e. The molecular weight excluding hydrogens is 237 g/mol. The Hall–Kier alpha value is -1.91. The number of hydrogen-bond donors (Lipinski definition) is 0. The van der Waals surface area contributed by atoms with Crippen molar-refractivity contribution in [2.45, 2.75) is 20.0 Å². The van der Waals surface area contributed by atoms with E-state index in [0.29, 0.717) is 0 Å². The van der Waals surface area contributed by atoms with E-state index in [1.165, 1.54) is 24.0 Å². The second kappa shape index (κ2) is 5.62. The van der Waals surface area contributed by atoms with Crippen LogP contribution in [-0.4, -0.2) is 36.8 Å². The maximum Gasteiger partial charge on any atom is 0.262 e. The number of benzene rings is 1. The van der Waals surface area contributed by atoms with Gasteiger partial charge in [-0.05, 0) is 26.0 Å². The predicted octanol–water partition coefficient (Wildman–Crippen LogP) is 1.88. The van der Waals surface area contributed by atoms with Crippen molar-refractivity contribution >= 4 is 11.7 Å². The molecule has 1 aromatic carbocycles. The summed E-state index contributed by atoms with van der Waals surface area (Å²) in [6.07, 6.45) is -0.706. The van der Waals surface area contributed by atoms with Crippen molar-refractivity contribution in [1.29, 1.82) is 0 Å². The maximum absolute atomic E-state index is 13.5. The van der Waals surface area contributed by atoms with Crippen molar-refractivity contribution in [1.82, 2.24) is 4.90 Å². The number of likely N-dealkylation sites (N-methyl/N-ethyl adjacent to an activating group) is 1. The van der Waals surface area contributed by atoms with Crippen LogP contribution in [0, 0.1) is 5.82 Å². The summed E-state index contributed by atoms with van der Waals surface area (Å²) in [5.41, 5.74) is 0.00828.